The van der Waals surface area contributed by atoms with Gasteiger partial charge in [-0.05, 0) is 89.3 Å². The average molecular weight is 662 g/mol. The van der Waals surface area contributed by atoms with Crippen LogP contribution in [0.25, 0.3) is 99.0 Å². The highest BCUT2D eigenvalue weighted by atomic mass is 15.0. The van der Waals surface area contributed by atoms with E-state index in [1.54, 1.807) is 0 Å². The largest absolute Gasteiger partial charge is 0.309 e. The summed E-state index contributed by atoms with van der Waals surface area (Å²) in [7, 11) is 0. The number of pyridine rings is 1. The van der Waals surface area contributed by atoms with E-state index in [4.69, 9.17) is 4.98 Å². The van der Waals surface area contributed by atoms with E-state index < -0.39 is 0 Å². The number of fused-ring (bicyclic) bond motifs is 9. The highest BCUT2D eigenvalue weighted by Gasteiger charge is 2.18. The van der Waals surface area contributed by atoms with E-state index in [9.17, 15) is 0 Å². The number of nitrogens with zero attached hydrogens (tertiary/aromatic N) is 3. The summed E-state index contributed by atoms with van der Waals surface area (Å²) < 4.78 is 4.76. The molecule has 0 atom stereocenters. The third-order valence-corrected chi connectivity index (χ3v) is 10.7. The fourth-order valence-electron chi connectivity index (χ4n) is 8.34. The standard InChI is InChI=1S/C49H31N3/c1-3-13-35(14-4-1)51-45-22-12-10-19-39(45)41-29-32(23-26-46(41)51)33-24-27-47-42(30-33)43-31-34(25-28-48(43)52(47)36-15-5-2-6-16-36)49-40-20-8-7-17-37(40)38-18-9-11-21-44(38)50-49/h1-31H. The smallest absolute Gasteiger partial charge is 0.0788 e. The molecule has 3 heteroatoms. The fourth-order valence-corrected chi connectivity index (χ4v) is 8.34. The van der Waals surface area contributed by atoms with E-state index in [0.717, 1.165) is 27.8 Å². The molecular weight excluding hydrogens is 631 g/mol. The van der Waals surface area contributed by atoms with Gasteiger partial charge in [0.2, 0.25) is 0 Å². The lowest BCUT2D eigenvalue weighted by atomic mass is 9.98. The summed E-state index contributed by atoms with van der Waals surface area (Å²) in [5.41, 5.74) is 12.6. The molecule has 11 rings (SSSR count). The molecule has 8 aromatic carbocycles. The summed E-state index contributed by atoms with van der Waals surface area (Å²) in [5, 5.41) is 8.49. The van der Waals surface area contributed by atoms with Crippen LogP contribution < -0.4 is 0 Å². The van der Waals surface area contributed by atoms with Crippen molar-refractivity contribution in [3.63, 3.8) is 0 Å². The number of aromatic nitrogens is 3. The van der Waals surface area contributed by atoms with Gasteiger partial charge in [0, 0.05) is 49.3 Å². The first kappa shape index (κ1) is 28.8. The van der Waals surface area contributed by atoms with Crippen molar-refractivity contribution in [1.29, 1.82) is 0 Å². The monoisotopic (exact) mass is 661 g/mol. The third-order valence-electron chi connectivity index (χ3n) is 10.7. The molecule has 0 fully saturated rings. The van der Waals surface area contributed by atoms with Crippen molar-refractivity contribution in [2.24, 2.45) is 0 Å². The van der Waals surface area contributed by atoms with Gasteiger partial charge in [0.1, 0.15) is 0 Å². The van der Waals surface area contributed by atoms with Crippen LogP contribution in [-0.2, 0) is 0 Å². The van der Waals surface area contributed by atoms with Crippen LogP contribution >= 0.6 is 0 Å². The maximum atomic E-state index is 5.26. The maximum Gasteiger partial charge on any atom is 0.0788 e. The Bertz CT molecular complexity index is 3170. The van der Waals surface area contributed by atoms with Gasteiger partial charge in [-0.3, -0.25) is 0 Å². The lowest BCUT2D eigenvalue weighted by molar-refractivity contribution is 1.18. The van der Waals surface area contributed by atoms with E-state index in [2.05, 4.69) is 197 Å². The molecule has 0 saturated carbocycles. The van der Waals surface area contributed by atoms with Crippen LogP contribution in [0, 0.1) is 0 Å². The van der Waals surface area contributed by atoms with E-state index in [-0.39, 0.29) is 0 Å². The molecule has 0 spiro atoms. The molecule has 3 nitrogen and oxygen atoms in total. The summed E-state index contributed by atoms with van der Waals surface area (Å²) >= 11 is 0. The Morgan fingerprint density at radius 2 is 0.712 bits per heavy atom. The molecule has 0 aliphatic heterocycles. The van der Waals surface area contributed by atoms with Crippen LogP contribution in [0.3, 0.4) is 0 Å². The predicted molar refractivity (Wildman–Crippen MR) is 219 cm³/mol. The summed E-state index contributed by atoms with van der Waals surface area (Å²) in [6.45, 7) is 0. The quantitative estimate of drug-likeness (QED) is 0.172. The predicted octanol–water partition coefficient (Wildman–Crippen LogP) is 12.9. The second-order valence-corrected chi connectivity index (χ2v) is 13.6. The van der Waals surface area contributed by atoms with Crippen molar-refractivity contribution in [2.45, 2.75) is 0 Å². The minimum atomic E-state index is 1.01. The minimum absolute atomic E-state index is 1.01. The molecule has 242 valence electrons. The van der Waals surface area contributed by atoms with Gasteiger partial charge in [0.25, 0.3) is 0 Å². The zero-order valence-corrected chi connectivity index (χ0v) is 28.2. The van der Waals surface area contributed by atoms with Crippen molar-refractivity contribution < 1.29 is 0 Å². The lowest BCUT2D eigenvalue weighted by Crippen LogP contribution is -1.93. The van der Waals surface area contributed by atoms with Gasteiger partial charge in [-0.25, -0.2) is 4.98 Å². The number of benzene rings is 8. The van der Waals surface area contributed by atoms with Gasteiger partial charge in [-0.2, -0.15) is 0 Å². The van der Waals surface area contributed by atoms with Crippen molar-refractivity contribution in [3.8, 4) is 33.8 Å². The van der Waals surface area contributed by atoms with E-state index in [0.29, 0.717) is 0 Å². The fraction of sp³-hybridized carbons (Fsp3) is 0. The molecule has 0 radical (unpaired) electrons. The molecule has 0 amide bonds. The van der Waals surface area contributed by atoms with Gasteiger partial charge >= 0.3 is 0 Å². The molecule has 0 N–H and O–H groups in total. The first-order chi connectivity index (χ1) is 25.8. The zero-order chi connectivity index (χ0) is 34.2. The van der Waals surface area contributed by atoms with Crippen LogP contribution in [0.1, 0.15) is 0 Å². The first-order valence-corrected chi connectivity index (χ1v) is 17.8. The molecule has 0 saturated heterocycles. The van der Waals surface area contributed by atoms with Crippen molar-refractivity contribution in [2.75, 3.05) is 0 Å². The minimum Gasteiger partial charge on any atom is -0.309 e. The lowest BCUT2D eigenvalue weighted by Gasteiger charge is -2.11. The van der Waals surface area contributed by atoms with E-state index in [1.807, 2.05) is 0 Å². The Kier molecular flexibility index (Phi) is 6.25. The van der Waals surface area contributed by atoms with Crippen LogP contribution in [0.15, 0.2) is 188 Å². The van der Waals surface area contributed by atoms with Gasteiger partial charge in [0.05, 0.1) is 33.3 Å². The van der Waals surface area contributed by atoms with Gasteiger partial charge < -0.3 is 9.13 Å². The van der Waals surface area contributed by atoms with Crippen LogP contribution in [0.4, 0.5) is 0 Å². The van der Waals surface area contributed by atoms with Crippen molar-refractivity contribution in [3.05, 3.63) is 188 Å². The maximum absolute atomic E-state index is 5.26. The van der Waals surface area contributed by atoms with Gasteiger partial charge in [0.15, 0.2) is 0 Å². The van der Waals surface area contributed by atoms with Crippen LogP contribution in [0.2, 0.25) is 0 Å². The Balaban J connectivity index is 1.15. The van der Waals surface area contributed by atoms with Crippen LogP contribution in [0.5, 0.6) is 0 Å². The summed E-state index contributed by atoms with van der Waals surface area (Å²) in [6, 6.07) is 67.9. The Morgan fingerprint density at radius 1 is 0.288 bits per heavy atom. The molecule has 0 bridgehead atoms. The van der Waals surface area contributed by atoms with Crippen molar-refractivity contribution >= 4 is 65.3 Å². The van der Waals surface area contributed by atoms with Crippen LogP contribution in [-0.4, -0.2) is 14.1 Å². The number of para-hydroxylation sites is 4. The Labute approximate surface area is 300 Å². The summed E-state index contributed by atoms with van der Waals surface area (Å²) in [6.07, 6.45) is 0. The highest BCUT2D eigenvalue weighted by Crippen LogP contribution is 2.40. The molecule has 11 aromatic rings. The second-order valence-electron chi connectivity index (χ2n) is 13.6. The molecule has 0 aliphatic carbocycles. The normalized spacial score (nSPS) is 11.8. The van der Waals surface area contributed by atoms with E-state index >= 15 is 0 Å². The molecule has 52 heavy (non-hydrogen) atoms. The molecule has 3 heterocycles. The topological polar surface area (TPSA) is 22.8 Å². The van der Waals surface area contributed by atoms with Gasteiger partial charge in [-0.1, -0.05) is 115 Å². The average Bonchev–Trinajstić information content (AvgIpc) is 3.73. The number of hydrogen-bond donors (Lipinski definition) is 0. The van der Waals surface area contributed by atoms with E-state index in [1.165, 1.54) is 71.2 Å². The Hall–Kier alpha value is -6.97. The van der Waals surface area contributed by atoms with Gasteiger partial charge in [-0.15, -0.1) is 0 Å². The van der Waals surface area contributed by atoms with Crippen molar-refractivity contribution in [1.82, 2.24) is 14.1 Å². The summed E-state index contributed by atoms with van der Waals surface area (Å²) in [5.74, 6) is 0. The highest BCUT2D eigenvalue weighted by molar-refractivity contribution is 6.15. The first-order valence-electron chi connectivity index (χ1n) is 17.8. The molecule has 3 aromatic heterocycles. The molecular formula is C49H31N3. The summed E-state index contributed by atoms with van der Waals surface area (Å²) in [4.78, 5) is 5.26. The Morgan fingerprint density at radius 3 is 1.33 bits per heavy atom. The molecule has 0 aliphatic rings. The SMILES string of the molecule is c1ccc(-n2c3ccccc3c3cc(-c4ccc5c(c4)c4cc(-c6nc7ccccc7c7ccccc67)ccc4n5-c4ccccc4)ccc32)cc1. The second kappa shape index (κ2) is 11.3. The number of rotatable bonds is 4. The number of hydrogen-bond acceptors (Lipinski definition) is 1. The zero-order valence-electron chi connectivity index (χ0n) is 28.2. The third kappa shape index (κ3) is 4.30. The molecule has 0 unspecified atom stereocenters.